The molecule has 0 radical (unpaired) electrons. The molecule has 0 amide bonds. The van der Waals surface area contributed by atoms with Crippen LogP contribution < -0.4 is 0 Å². The number of alkyl halides is 1. The highest BCUT2D eigenvalue weighted by Gasteiger charge is 2.17. The van der Waals surface area contributed by atoms with Crippen molar-refractivity contribution in [2.24, 2.45) is 0 Å². The molecule has 0 saturated carbocycles. The average molecular weight is 262 g/mol. The van der Waals surface area contributed by atoms with E-state index in [1.807, 2.05) is 0 Å². The fraction of sp³-hybridized carbons (Fsp3) is 0.500. The van der Waals surface area contributed by atoms with Crippen LogP contribution in [0, 0.1) is 11.6 Å². The summed E-state index contributed by atoms with van der Waals surface area (Å²) in [5.74, 6) is -1.70. The highest BCUT2D eigenvalue weighted by atomic mass is 35.5. The van der Waals surface area contributed by atoms with Crippen molar-refractivity contribution in [3.63, 3.8) is 0 Å². The number of morpholine rings is 1. The van der Waals surface area contributed by atoms with Crippen LogP contribution in [-0.4, -0.2) is 37.7 Å². The van der Waals surface area contributed by atoms with Crippen LogP contribution in [0.2, 0.25) is 0 Å². The Labute approximate surface area is 104 Å². The second-order valence-electron chi connectivity index (χ2n) is 4.05. The van der Waals surface area contributed by atoms with Gasteiger partial charge in [-0.05, 0) is 17.7 Å². The van der Waals surface area contributed by atoms with E-state index >= 15 is 0 Å². The molecule has 1 heterocycles. The minimum absolute atomic E-state index is 0.330. The lowest BCUT2D eigenvalue weighted by atomic mass is 10.1. The summed E-state index contributed by atoms with van der Waals surface area (Å²) in [4.78, 5) is 2.16. The van der Waals surface area contributed by atoms with Crippen molar-refractivity contribution in [3.05, 3.63) is 35.4 Å². The van der Waals surface area contributed by atoms with E-state index in [2.05, 4.69) is 4.90 Å². The second-order valence-corrected chi connectivity index (χ2v) is 4.58. The van der Waals surface area contributed by atoms with Crippen molar-refractivity contribution < 1.29 is 13.5 Å². The van der Waals surface area contributed by atoms with E-state index in [0.29, 0.717) is 25.3 Å². The standard InChI is InChI=1S/C12H14ClF2NO/c13-10(8-16-3-5-17-6-4-16)9-1-2-11(14)12(15)7-9/h1-2,7,10H,3-6,8H2. The third kappa shape index (κ3) is 3.37. The molecule has 1 atom stereocenters. The van der Waals surface area contributed by atoms with E-state index in [0.717, 1.165) is 25.2 Å². The highest BCUT2D eigenvalue weighted by Crippen LogP contribution is 2.23. The summed E-state index contributed by atoms with van der Waals surface area (Å²) in [5.41, 5.74) is 0.608. The maximum absolute atomic E-state index is 13.1. The largest absolute Gasteiger partial charge is 0.379 e. The molecule has 1 aliphatic heterocycles. The molecule has 0 aromatic heterocycles. The van der Waals surface area contributed by atoms with Gasteiger partial charge in [0, 0.05) is 19.6 Å². The van der Waals surface area contributed by atoms with Gasteiger partial charge in [-0.25, -0.2) is 8.78 Å². The fourth-order valence-electron chi connectivity index (χ4n) is 1.82. The zero-order chi connectivity index (χ0) is 12.3. The molecule has 1 aromatic rings. The Morgan fingerprint density at radius 2 is 1.94 bits per heavy atom. The lowest BCUT2D eigenvalue weighted by molar-refractivity contribution is 0.0378. The van der Waals surface area contributed by atoms with Gasteiger partial charge in [-0.1, -0.05) is 6.07 Å². The Hall–Kier alpha value is -0.710. The number of benzene rings is 1. The highest BCUT2D eigenvalue weighted by molar-refractivity contribution is 6.21. The minimum atomic E-state index is -0.852. The van der Waals surface area contributed by atoms with Gasteiger partial charge in [0.2, 0.25) is 0 Å². The molecule has 2 nitrogen and oxygen atoms in total. The zero-order valence-electron chi connectivity index (χ0n) is 9.33. The number of hydrogen-bond acceptors (Lipinski definition) is 2. The Bertz CT molecular complexity index is 383. The predicted octanol–water partition coefficient (Wildman–Crippen LogP) is 2.58. The molecule has 1 unspecified atom stereocenters. The molecule has 5 heteroatoms. The monoisotopic (exact) mass is 261 g/mol. The van der Waals surface area contributed by atoms with Gasteiger partial charge in [0.1, 0.15) is 0 Å². The number of halogens is 3. The van der Waals surface area contributed by atoms with Crippen LogP contribution in [0.1, 0.15) is 10.9 Å². The van der Waals surface area contributed by atoms with Crippen LogP contribution in [0.3, 0.4) is 0 Å². The molecule has 0 aliphatic carbocycles. The zero-order valence-corrected chi connectivity index (χ0v) is 10.1. The quantitative estimate of drug-likeness (QED) is 0.776. The van der Waals surface area contributed by atoms with Crippen LogP contribution in [0.25, 0.3) is 0 Å². The summed E-state index contributed by atoms with van der Waals surface area (Å²) >= 11 is 6.19. The SMILES string of the molecule is Fc1ccc(C(Cl)CN2CCOCC2)cc1F. The smallest absolute Gasteiger partial charge is 0.159 e. The molecule has 2 rings (SSSR count). The van der Waals surface area contributed by atoms with Crippen LogP contribution in [0.15, 0.2) is 18.2 Å². The maximum atomic E-state index is 13.1. The molecular weight excluding hydrogens is 248 g/mol. The van der Waals surface area contributed by atoms with Gasteiger partial charge in [-0.3, -0.25) is 4.90 Å². The van der Waals surface area contributed by atoms with Crippen molar-refractivity contribution in [2.75, 3.05) is 32.8 Å². The topological polar surface area (TPSA) is 12.5 Å². The van der Waals surface area contributed by atoms with Crippen molar-refractivity contribution in [1.82, 2.24) is 4.90 Å². The third-order valence-electron chi connectivity index (χ3n) is 2.83. The summed E-state index contributed by atoms with van der Waals surface area (Å²) < 4.78 is 31.1. The average Bonchev–Trinajstić information content (AvgIpc) is 2.34. The molecule has 1 aromatic carbocycles. The number of ether oxygens (including phenoxy) is 1. The van der Waals surface area contributed by atoms with E-state index in [4.69, 9.17) is 16.3 Å². The molecule has 1 fully saturated rings. The van der Waals surface area contributed by atoms with E-state index < -0.39 is 11.6 Å². The molecule has 17 heavy (non-hydrogen) atoms. The fourth-order valence-corrected chi connectivity index (χ4v) is 2.15. The molecule has 0 spiro atoms. The van der Waals surface area contributed by atoms with Crippen LogP contribution in [0.5, 0.6) is 0 Å². The van der Waals surface area contributed by atoms with Gasteiger partial charge in [-0.15, -0.1) is 11.6 Å². The lowest BCUT2D eigenvalue weighted by Gasteiger charge is -2.28. The van der Waals surface area contributed by atoms with Crippen molar-refractivity contribution in [3.8, 4) is 0 Å². The first-order chi connectivity index (χ1) is 8.16. The Morgan fingerprint density at radius 3 is 2.59 bits per heavy atom. The van der Waals surface area contributed by atoms with Crippen molar-refractivity contribution in [2.45, 2.75) is 5.38 Å². The van der Waals surface area contributed by atoms with Gasteiger partial charge >= 0.3 is 0 Å². The first-order valence-corrected chi connectivity index (χ1v) is 5.99. The third-order valence-corrected chi connectivity index (χ3v) is 3.22. The molecule has 1 aliphatic rings. The number of rotatable bonds is 3. The van der Waals surface area contributed by atoms with Crippen LogP contribution >= 0.6 is 11.6 Å². The van der Waals surface area contributed by atoms with Gasteiger partial charge in [-0.2, -0.15) is 0 Å². The van der Waals surface area contributed by atoms with Crippen molar-refractivity contribution >= 4 is 11.6 Å². The summed E-state index contributed by atoms with van der Waals surface area (Å²) in [6, 6.07) is 3.79. The second kappa shape index (κ2) is 5.76. The van der Waals surface area contributed by atoms with Gasteiger partial charge in [0.25, 0.3) is 0 Å². The Kier molecular flexibility index (Phi) is 4.31. The maximum Gasteiger partial charge on any atom is 0.159 e. The molecule has 0 bridgehead atoms. The summed E-state index contributed by atoms with van der Waals surface area (Å²) in [5, 5.41) is -0.330. The first-order valence-electron chi connectivity index (χ1n) is 5.56. The van der Waals surface area contributed by atoms with Crippen LogP contribution in [0.4, 0.5) is 8.78 Å². The van der Waals surface area contributed by atoms with E-state index in [-0.39, 0.29) is 5.38 Å². The van der Waals surface area contributed by atoms with E-state index in [9.17, 15) is 8.78 Å². The molecule has 0 N–H and O–H groups in total. The van der Waals surface area contributed by atoms with E-state index in [1.165, 1.54) is 6.07 Å². The van der Waals surface area contributed by atoms with Gasteiger partial charge in [0.05, 0.1) is 18.6 Å². The van der Waals surface area contributed by atoms with Crippen molar-refractivity contribution in [1.29, 1.82) is 0 Å². The molecule has 1 saturated heterocycles. The Balaban J connectivity index is 1.98. The predicted molar refractivity (Wildman–Crippen MR) is 62.2 cm³/mol. The summed E-state index contributed by atoms with van der Waals surface area (Å²) in [7, 11) is 0. The minimum Gasteiger partial charge on any atom is -0.379 e. The van der Waals surface area contributed by atoms with Gasteiger partial charge in [0.15, 0.2) is 11.6 Å². The first kappa shape index (κ1) is 12.7. The summed E-state index contributed by atoms with van der Waals surface area (Å²) in [6.07, 6.45) is 0. The van der Waals surface area contributed by atoms with Gasteiger partial charge < -0.3 is 4.74 Å². The molecular formula is C12H14ClF2NO. The normalized spacial score (nSPS) is 19.2. The van der Waals surface area contributed by atoms with Crippen LogP contribution in [-0.2, 0) is 4.74 Å². The summed E-state index contributed by atoms with van der Waals surface area (Å²) in [6.45, 7) is 3.67. The number of nitrogens with zero attached hydrogens (tertiary/aromatic N) is 1. The molecule has 94 valence electrons. The number of hydrogen-bond donors (Lipinski definition) is 0. The Morgan fingerprint density at radius 1 is 1.24 bits per heavy atom. The lowest BCUT2D eigenvalue weighted by Crippen LogP contribution is -2.38. The van der Waals surface area contributed by atoms with E-state index in [1.54, 1.807) is 0 Å².